The van der Waals surface area contributed by atoms with Crippen molar-refractivity contribution in [2.24, 2.45) is 0 Å². The predicted octanol–water partition coefficient (Wildman–Crippen LogP) is 1.88. The topological polar surface area (TPSA) is 75.1 Å². The van der Waals surface area contributed by atoms with Gasteiger partial charge in [-0.3, -0.25) is 9.89 Å². The molecule has 0 saturated carbocycles. The molecule has 0 aliphatic heterocycles. The van der Waals surface area contributed by atoms with E-state index in [1.54, 1.807) is 0 Å². The first kappa shape index (κ1) is 15.3. The maximum atomic E-state index is 12.2. The summed E-state index contributed by atoms with van der Waals surface area (Å²) in [6.45, 7) is 6.52. The Kier molecular flexibility index (Phi) is 4.14. The van der Waals surface area contributed by atoms with Crippen molar-refractivity contribution in [3.8, 4) is 0 Å². The smallest absolute Gasteiger partial charge is 0.226 e. The van der Waals surface area contributed by atoms with Crippen LogP contribution in [0.2, 0.25) is 0 Å². The van der Waals surface area contributed by atoms with E-state index in [0.29, 0.717) is 13.0 Å². The summed E-state index contributed by atoms with van der Waals surface area (Å²) < 4.78 is 1.97. The lowest BCUT2D eigenvalue weighted by molar-refractivity contribution is -0.120. The van der Waals surface area contributed by atoms with Crippen LogP contribution < -0.4 is 5.32 Å². The van der Waals surface area contributed by atoms with Gasteiger partial charge in [-0.1, -0.05) is 6.07 Å². The Bertz CT molecular complexity index is 826. The van der Waals surface area contributed by atoms with E-state index in [4.69, 9.17) is 0 Å². The molecule has 3 aromatic rings. The fraction of sp³-hybridized carbons (Fsp3) is 0.353. The molecule has 3 rings (SSSR count). The van der Waals surface area contributed by atoms with E-state index < -0.39 is 0 Å². The van der Waals surface area contributed by atoms with Crippen LogP contribution >= 0.6 is 0 Å². The Balaban J connectivity index is 1.62. The van der Waals surface area contributed by atoms with Crippen LogP contribution in [0.25, 0.3) is 5.65 Å². The number of pyridine rings is 1. The standard InChI is InChI=1S/C17H21N5O/c1-11-14(12(2)21-20-11)7-8-18-17(23)10-15-13(3)19-16-6-4-5-9-22(15)16/h4-6,9H,7-8,10H2,1-3H3,(H,18,23)(H,20,21). The van der Waals surface area contributed by atoms with Crippen LogP contribution in [0.15, 0.2) is 24.4 Å². The molecule has 0 spiro atoms. The molecule has 6 heteroatoms. The Hall–Kier alpha value is -2.63. The Labute approximate surface area is 134 Å². The summed E-state index contributed by atoms with van der Waals surface area (Å²) in [7, 11) is 0. The normalized spacial score (nSPS) is 11.1. The third kappa shape index (κ3) is 3.11. The molecule has 2 N–H and O–H groups in total. The zero-order valence-electron chi connectivity index (χ0n) is 13.7. The fourth-order valence-corrected chi connectivity index (χ4v) is 2.86. The molecule has 3 heterocycles. The highest BCUT2D eigenvalue weighted by Gasteiger charge is 2.13. The summed E-state index contributed by atoms with van der Waals surface area (Å²) >= 11 is 0. The predicted molar refractivity (Wildman–Crippen MR) is 88.4 cm³/mol. The largest absolute Gasteiger partial charge is 0.355 e. The van der Waals surface area contributed by atoms with Crippen molar-refractivity contribution in [1.29, 1.82) is 0 Å². The average Bonchev–Trinajstić information content (AvgIpc) is 3.01. The third-order valence-corrected chi connectivity index (χ3v) is 4.13. The summed E-state index contributed by atoms with van der Waals surface area (Å²) in [5.41, 5.74) is 5.94. The zero-order valence-corrected chi connectivity index (χ0v) is 13.7. The van der Waals surface area contributed by atoms with Gasteiger partial charge in [-0.05, 0) is 44.9 Å². The average molecular weight is 311 g/mol. The molecule has 23 heavy (non-hydrogen) atoms. The van der Waals surface area contributed by atoms with Gasteiger partial charge in [-0.2, -0.15) is 5.10 Å². The van der Waals surface area contributed by atoms with Gasteiger partial charge >= 0.3 is 0 Å². The number of hydrogen-bond donors (Lipinski definition) is 2. The number of nitrogens with zero attached hydrogens (tertiary/aromatic N) is 3. The maximum Gasteiger partial charge on any atom is 0.226 e. The highest BCUT2D eigenvalue weighted by atomic mass is 16.1. The molecular weight excluding hydrogens is 290 g/mol. The third-order valence-electron chi connectivity index (χ3n) is 4.13. The Morgan fingerprint density at radius 3 is 2.83 bits per heavy atom. The molecule has 120 valence electrons. The summed E-state index contributed by atoms with van der Waals surface area (Å²) in [5.74, 6) is 0.0116. The summed E-state index contributed by atoms with van der Waals surface area (Å²) in [6, 6.07) is 5.83. The number of nitrogens with one attached hydrogen (secondary N) is 2. The highest BCUT2D eigenvalue weighted by Crippen LogP contribution is 2.12. The molecule has 0 saturated heterocycles. The molecule has 0 aliphatic rings. The monoisotopic (exact) mass is 311 g/mol. The number of aromatic nitrogens is 4. The summed E-state index contributed by atoms with van der Waals surface area (Å²) in [6.07, 6.45) is 3.06. The number of fused-ring (bicyclic) bond motifs is 1. The molecule has 6 nitrogen and oxygen atoms in total. The lowest BCUT2D eigenvalue weighted by Crippen LogP contribution is -2.28. The van der Waals surface area contributed by atoms with Gasteiger partial charge in [-0.25, -0.2) is 4.98 Å². The van der Waals surface area contributed by atoms with Crippen molar-refractivity contribution >= 4 is 11.6 Å². The molecule has 0 atom stereocenters. The van der Waals surface area contributed by atoms with E-state index in [1.807, 2.05) is 49.6 Å². The maximum absolute atomic E-state index is 12.2. The van der Waals surface area contributed by atoms with Crippen LogP contribution in [0.3, 0.4) is 0 Å². The molecule has 0 unspecified atom stereocenters. The van der Waals surface area contributed by atoms with E-state index in [1.165, 1.54) is 5.56 Å². The fourth-order valence-electron chi connectivity index (χ4n) is 2.86. The van der Waals surface area contributed by atoms with E-state index in [-0.39, 0.29) is 5.91 Å². The molecule has 0 aliphatic carbocycles. The van der Waals surface area contributed by atoms with Gasteiger partial charge in [0.2, 0.25) is 5.91 Å². The van der Waals surface area contributed by atoms with Gasteiger partial charge in [0.1, 0.15) is 5.65 Å². The first-order valence-electron chi connectivity index (χ1n) is 7.76. The first-order valence-corrected chi connectivity index (χ1v) is 7.76. The Morgan fingerprint density at radius 1 is 1.26 bits per heavy atom. The van der Waals surface area contributed by atoms with Crippen molar-refractivity contribution in [3.05, 3.63) is 52.7 Å². The molecule has 1 amide bonds. The number of amides is 1. The Morgan fingerprint density at radius 2 is 2.09 bits per heavy atom. The van der Waals surface area contributed by atoms with Gasteiger partial charge < -0.3 is 9.72 Å². The number of hydrogen-bond acceptors (Lipinski definition) is 3. The molecular formula is C17H21N5O. The molecule has 0 fully saturated rings. The lowest BCUT2D eigenvalue weighted by Gasteiger charge is -2.06. The van der Waals surface area contributed by atoms with Gasteiger partial charge in [0, 0.05) is 18.4 Å². The number of aryl methyl sites for hydroxylation is 3. The molecule has 0 bridgehead atoms. The van der Waals surface area contributed by atoms with E-state index in [0.717, 1.165) is 34.8 Å². The number of carbonyl (C=O) groups is 1. The number of carbonyl (C=O) groups excluding carboxylic acids is 1. The zero-order chi connectivity index (χ0) is 16.4. The van der Waals surface area contributed by atoms with Gasteiger partial charge in [0.05, 0.1) is 23.5 Å². The number of H-pyrrole nitrogens is 1. The molecule has 0 radical (unpaired) electrons. The van der Waals surface area contributed by atoms with E-state index in [2.05, 4.69) is 20.5 Å². The minimum atomic E-state index is 0.0116. The highest BCUT2D eigenvalue weighted by molar-refractivity contribution is 5.78. The van der Waals surface area contributed by atoms with Crippen LogP contribution in [0.1, 0.15) is 28.3 Å². The van der Waals surface area contributed by atoms with E-state index in [9.17, 15) is 4.79 Å². The SMILES string of the molecule is Cc1n[nH]c(C)c1CCNC(=O)Cc1c(C)nc2ccccn12. The van der Waals surface area contributed by atoms with Crippen molar-refractivity contribution in [3.63, 3.8) is 0 Å². The number of imidazole rings is 1. The second-order valence-corrected chi connectivity index (χ2v) is 5.76. The minimum absolute atomic E-state index is 0.0116. The number of rotatable bonds is 5. The van der Waals surface area contributed by atoms with Crippen molar-refractivity contribution in [1.82, 2.24) is 24.9 Å². The molecule has 3 aromatic heterocycles. The van der Waals surface area contributed by atoms with Crippen molar-refractivity contribution < 1.29 is 4.79 Å². The van der Waals surface area contributed by atoms with Crippen LogP contribution in [0, 0.1) is 20.8 Å². The summed E-state index contributed by atoms with van der Waals surface area (Å²) in [5, 5.41) is 10.1. The van der Waals surface area contributed by atoms with Crippen molar-refractivity contribution in [2.75, 3.05) is 6.54 Å². The van der Waals surface area contributed by atoms with Gasteiger partial charge in [0.25, 0.3) is 0 Å². The van der Waals surface area contributed by atoms with E-state index >= 15 is 0 Å². The second kappa shape index (κ2) is 6.24. The van der Waals surface area contributed by atoms with Crippen molar-refractivity contribution in [2.45, 2.75) is 33.6 Å². The van der Waals surface area contributed by atoms with Crippen LogP contribution in [-0.4, -0.2) is 32.0 Å². The molecule has 0 aromatic carbocycles. The quantitative estimate of drug-likeness (QED) is 0.755. The lowest BCUT2D eigenvalue weighted by atomic mass is 10.1. The van der Waals surface area contributed by atoms with Crippen LogP contribution in [0.5, 0.6) is 0 Å². The first-order chi connectivity index (χ1) is 11.1. The minimum Gasteiger partial charge on any atom is -0.355 e. The number of aromatic amines is 1. The van der Waals surface area contributed by atoms with Crippen LogP contribution in [0.4, 0.5) is 0 Å². The summed E-state index contributed by atoms with van der Waals surface area (Å²) in [4.78, 5) is 16.7. The second-order valence-electron chi connectivity index (χ2n) is 5.76. The van der Waals surface area contributed by atoms with Gasteiger partial charge in [-0.15, -0.1) is 0 Å². The van der Waals surface area contributed by atoms with Crippen LogP contribution in [-0.2, 0) is 17.6 Å². The van der Waals surface area contributed by atoms with Gasteiger partial charge in [0.15, 0.2) is 0 Å².